The van der Waals surface area contributed by atoms with Gasteiger partial charge in [-0.25, -0.2) is 9.67 Å². The van der Waals surface area contributed by atoms with E-state index < -0.39 is 0 Å². The molecule has 4 nitrogen and oxygen atoms in total. The van der Waals surface area contributed by atoms with E-state index in [4.69, 9.17) is 11.6 Å². The second kappa shape index (κ2) is 6.17. The van der Waals surface area contributed by atoms with Crippen LogP contribution in [-0.2, 0) is 6.54 Å². The number of hydrogen-bond donors (Lipinski definition) is 1. The molecule has 0 bridgehead atoms. The summed E-state index contributed by atoms with van der Waals surface area (Å²) in [4.78, 5) is 4.48. The molecule has 2 aromatic heterocycles. The number of pyridine rings is 1. The fraction of sp³-hybridized carbons (Fsp3) is 0.429. The predicted octanol–water partition coefficient (Wildman–Crippen LogP) is 3.04. The van der Waals surface area contributed by atoms with E-state index in [-0.39, 0.29) is 0 Å². The first-order chi connectivity index (χ1) is 9.11. The Labute approximate surface area is 118 Å². The molecule has 2 heterocycles. The van der Waals surface area contributed by atoms with Crippen LogP contribution in [0.1, 0.15) is 30.2 Å². The zero-order valence-electron chi connectivity index (χ0n) is 11.6. The summed E-state index contributed by atoms with van der Waals surface area (Å²) in [5, 5.41) is 8.38. The molecule has 2 rings (SSSR count). The second-order valence-electron chi connectivity index (χ2n) is 4.67. The van der Waals surface area contributed by atoms with Crippen molar-refractivity contribution < 1.29 is 0 Å². The van der Waals surface area contributed by atoms with Crippen molar-refractivity contribution in [2.45, 2.75) is 33.7 Å². The van der Waals surface area contributed by atoms with E-state index in [9.17, 15) is 0 Å². The van der Waals surface area contributed by atoms with Crippen molar-refractivity contribution in [2.24, 2.45) is 0 Å². The third kappa shape index (κ3) is 3.33. The standard InChI is InChI=1S/C14H19ClN4/c1-4-5-16-7-12-6-10(2)14(17-8-12)19-9-13(15)11(3)18-19/h6,8-9,16H,4-5,7H2,1-3H3. The van der Waals surface area contributed by atoms with Gasteiger partial charge in [-0.15, -0.1) is 0 Å². The van der Waals surface area contributed by atoms with Gasteiger partial charge in [0.05, 0.1) is 16.9 Å². The smallest absolute Gasteiger partial charge is 0.156 e. The van der Waals surface area contributed by atoms with Crippen LogP contribution < -0.4 is 5.32 Å². The molecule has 2 aromatic rings. The zero-order chi connectivity index (χ0) is 13.8. The van der Waals surface area contributed by atoms with Gasteiger partial charge < -0.3 is 5.32 Å². The van der Waals surface area contributed by atoms with Gasteiger partial charge in [0.15, 0.2) is 5.82 Å². The summed E-state index contributed by atoms with van der Waals surface area (Å²) in [6.45, 7) is 7.95. The number of rotatable bonds is 5. The first-order valence-corrected chi connectivity index (χ1v) is 6.88. The molecule has 0 saturated carbocycles. The Bertz CT molecular complexity index is 543. The summed E-state index contributed by atoms with van der Waals surface area (Å²) < 4.78 is 1.73. The summed E-state index contributed by atoms with van der Waals surface area (Å²) >= 11 is 6.03. The van der Waals surface area contributed by atoms with Gasteiger partial charge in [0.1, 0.15) is 0 Å². The van der Waals surface area contributed by atoms with Gasteiger partial charge in [-0.05, 0) is 44.0 Å². The molecule has 19 heavy (non-hydrogen) atoms. The van der Waals surface area contributed by atoms with E-state index in [0.29, 0.717) is 5.02 Å². The molecule has 0 fully saturated rings. The lowest BCUT2D eigenvalue weighted by molar-refractivity contribution is 0.672. The van der Waals surface area contributed by atoms with Crippen LogP contribution in [0.15, 0.2) is 18.5 Å². The Morgan fingerprint density at radius 3 is 2.74 bits per heavy atom. The van der Waals surface area contributed by atoms with Crippen LogP contribution in [0.5, 0.6) is 0 Å². The molecule has 0 radical (unpaired) electrons. The molecular weight excluding hydrogens is 260 g/mol. The monoisotopic (exact) mass is 278 g/mol. The Balaban J connectivity index is 2.19. The van der Waals surface area contributed by atoms with Crippen molar-refractivity contribution in [3.05, 3.63) is 40.3 Å². The van der Waals surface area contributed by atoms with Gasteiger partial charge >= 0.3 is 0 Å². The van der Waals surface area contributed by atoms with Crippen molar-refractivity contribution in [1.29, 1.82) is 0 Å². The third-order valence-corrected chi connectivity index (χ3v) is 3.29. The minimum Gasteiger partial charge on any atom is -0.313 e. The van der Waals surface area contributed by atoms with E-state index in [1.807, 2.05) is 20.0 Å². The Morgan fingerprint density at radius 1 is 1.37 bits per heavy atom. The number of halogens is 1. The molecule has 1 N–H and O–H groups in total. The second-order valence-corrected chi connectivity index (χ2v) is 5.08. The quantitative estimate of drug-likeness (QED) is 0.855. The normalized spacial score (nSPS) is 10.9. The van der Waals surface area contributed by atoms with Gasteiger partial charge in [-0.3, -0.25) is 0 Å². The van der Waals surface area contributed by atoms with E-state index in [1.54, 1.807) is 10.9 Å². The highest BCUT2D eigenvalue weighted by Gasteiger charge is 2.08. The summed E-state index contributed by atoms with van der Waals surface area (Å²) in [5.74, 6) is 0.828. The molecule has 0 atom stereocenters. The van der Waals surface area contributed by atoms with Crippen LogP contribution in [0.3, 0.4) is 0 Å². The van der Waals surface area contributed by atoms with Crippen molar-refractivity contribution in [3.8, 4) is 5.82 Å². The van der Waals surface area contributed by atoms with Gasteiger partial charge in [-0.2, -0.15) is 5.10 Å². The number of hydrogen-bond acceptors (Lipinski definition) is 3. The molecule has 0 aliphatic heterocycles. The molecule has 0 spiro atoms. The lowest BCUT2D eigenvalue weighted by Gasteiger charge is -2.08. The van der Waals surface area contributed by atoms with Crippen LogP contribution in [0.25, 0.3) is 5.82 Å². The van der Waals surface area contributed by atoms with Gasteiger partial charge in [0, 0.05) is 12.7 Å². The van der Waals surface area contributed by atoms with Crippen LogP contribution >= 0.6 is 11.6 Å². The maximum absolute atomic E-state index is 6.03. The number of aromatic nitrogens is 3. The average Bonchev–Trinajstić information content (AvgIpc) is 2.70. The first kappa shape index (κ1) is 14.0. The molecule has 0 amide bonds. The highest BCUT2D eigenvalue weighted by atomic mass is 35.5. The lowest BCUT2D eigenvalue weighted by Crippen LogP contribution is -2.14. The maximum atomic E-state index is 6.03. The lowest BCUT2D eigenvalue weighted by atomic mass is 10.2. The number of nitrogens with one attached hydrogen (secondary N) is 1. The molecule has 0 saturated heterocycles. The van der Waals surface area contributed by atoms with E-state index in [1.165, 1.54) is 5.56 Å². The molecule has 0 aromatic carbocycles. The summed E-state index contributed by atoms with van der Waals surface area (Å²) in [7, 11) is 0. The number of nitrogens with zero attached hydrogens (tertiary/aromatic N) is 3. The first-order valence-electron chi connectivity index (χ1n) is 6.50. The zero-order valence-corrected chi connectivity index (χ0v) is 12.3. The minimum absolute atomic E-state index is 0.662. The largest absolute Gasteiger partial charge is 0.313 e. The summed E-state index contributed by atoms with van der Waals surface area (Å²) in [6.07, 6.45) is 4.81. The van der Waals surface area contributed by atoms with Crippen molar-refractivity contribution >= 4 is 11.6 Å². The van der Waals surface area contributed by atoms with E-state index in [0.717, 1.165) is 36.6 Å². The van der Waals surface area contributed by atoms with E-state index >= 15 is 0 Å². The highest BCUT2D eigenvalue weighted by Crippen LogP contribution is 2.17. The molecule has 0 aliphatic carbocycles. The summed E-state index contributed by atoms with van der Waals surface area (Å²) in [6, 6.07) is 2.13. The van der Waals surface area contributed by atoms with Crippen LogP contribution in [0.4, 0.5) is 0 Å². The Morgan fingerprint density at radius 2 is 2.16 bits per heavy atom. The Hall–Kier alpha value is -1.39. The van der Waals surface area contributed by atoms with Crippen LogP contribution in [0.2, 0.25) is 5.02 Å². The fourth-order valence-electron chi connectivity index (χ4n) is 1.92. The average molecular weight is 279 g/mol. The van der Waals surface area contributed by atoms with Crippen LogP contribution in [-0.4, -0.2) is 21.3 Å². The van der Waals surface area contributed by atoms with Gasteiger partial charge in [-0.1, -0.05) is 18.5 Å². The van der Waals surface area contributed by atoms with Crippen molar-refractivity contribution in [1.82, 2.24) is 20.1 Å². The van der Waals surface area contributed by atoms with Gasteiger partial charge in [0.25, 0.3) is 0 Å². The van der Waals surface area contributed by atoms with Crippen molar-refractivity contribution in [3.63, 3.8) is 0 Å². The Kier molecular flexibility index (Phi) is 4.56. The van der Waals surface area contributed by atoms with E-state index in [2.05, 4.69) is 28.4 Å². The maximum Gasteiger partial charge on any atom is 0.156 e. The molecule has 5 heteroatoms. The van der Waals surface area contributed by atoms with Crippen molar-refractivity contribution in [2.75, 3.05) is 6.54 Å². The fourth-order valence-corrected chi connectivity index (χ4v) is 2.05. The summed E-state index contributed by atoms with van der Waals surface area (Å²) in [5.41, 5.74) is 3.09. The molecule has 102 valence electrons. The molecule has 0 unspecified atom stereocenters. The molecular formula is C14H19ClN4. The minimum atomic E-state index is 0.662. The number of aryl methyl sites for hydroxylation is 2. The predicted molar refractivity (Wildman–Crippen MR) is 77.8 cm³/mol. The molecule has 0 aliphatic rings. The van der Waals surface area contributed by atoms with Crippen LogP contribution in [0, 0.1) is 13.8 Å². The highest BCUT2D eigenvalue weighted by molar-refractivity contribution is 6.31. The third-order valence-electron chi connectivity index (χ3n) is 2.92. The topological polar surface area (TPSA) is 42.7 Å². The SMILES string of the molecule is CCCNCc1cnc(-n2cc(Cl)c(C)n2)c(C)c1. The van der Waals surface area contributed by atoms with Gasteiger partial charge in [0.2, 0.25) is 0 Å².